The molecule has 1 heterocycles. The minimum absolute atomic E-state index is 0.260. The van der Waals surface area contributed by atoms with Crippen LogP contribution in [0.3, 0.4) is 0 Å². The number of carbonyl (C=O) groups excluding carboxylic acids is 1. The summed E-state index contributed by atoms with van der Waals surface area (Å²) in [6.07, 6.45) is 35.0. The molecule has 13 nitrogen and oxygen atoms in total. The van der Waals surface area contributed by atoms with E-state index in [-0.39, 0.29) is 6.42 Å². The van der Waals surface area contributed by atoms with Crippen molar-refractivity contribution in [2.75, 3.05) is 13.2 Å². The molecule has 14 heteroatoms. The number of unbranched alkanes of at least 4 members (excludes halogenated alkanes) is 27. The third-order valence-electron chi connectivity index (χ3n) is 12.4. The van der Waals surface area contributed by atoms with Gasteiger partial charge in [0, 0.05) is 0 Å². The molecule has 1 rings (SSSR count). The Bertz CT molecular complexity index is 1250. The van der Waals surface area contributed by atoms with Crippen molar-refractivity contribution in [2.45, 2.75) is 275 Å². The number of nitrogens with one attached hydrogen (secondary N) is 1. The van der Waals surface area contributed by atoms with Gasteiger partial charge in [0.1, 0.15) is 30.5 Å². The molecule has 0 bridgehead atoms. The number of aliphatic hydroxyl groups is 5. The molecule has 0 aromatic carbocycles. The lowest BCUT2D eigenvalue weighted by atomic mass is 9.99. The Labute approximate surface area is 389 Å². The van der Waals surface area contributed by atoms with Crippen molar-refractivity contribution >= 4 is 16.3 Å². The average molecular weight is 934 g/mol. The Morgan fingerprint density at radius 3 is 1.56 bits per heavy atom. The van der Waals surface area contributed by atoms with Gasteiger partial charge >= 0.3 is 10.4 Å². The average Bonchev–Trinajstić information content (AvgIpc) is 3.27. The van der Waals surface area contributed by atoms with Gasteiger partial charge in [0.15, 0.2) is 6.29 Å². The summed E-state index contributed by atoms with van der Waals surface area (Å²) in [6.45, 7) is 3.20. The molecule has 1 saturated heterocycles. The maximum absolute atomic E-state index is 13.2. The Balaban J connectivity index is 2.46. The third-order valence-corrected chi connectivity index (χ3v) is 12.8. The summed E-state index contributed by atoms with van der Waals surface area (Å²) >= 11 is 0. The Morgan fingerprint density at radius 2 is 1.09 bits per heavy atom. The lowest BCUT2D eigenvalue weighted by Gasteiger charge is -2.41. The number of carbonyl (C=O) groups is 1. The van der Waals surface area contributed by atoms with Gasteiger partial charge in [0.25, 0.3) is 0 Å². The zero-order valence-electron chi connectivity index (χ0n) is 40.2. The van der Waals surface area contributed by atoms with E-state index in [1.807, 2.05) is 0 Å². The largest absolute Gasteiger partial charge is 0.397 e. The van der Waals surface area contributed by atoms with Gasteiger partial charge in [-0.25, -0.2) is 4.18 Å². The number of rotatable bonds is 44. The Kier molecular flexibility index (Phi) is 38.4. The van der Waals surface area contributed by atoms with E-state index in [0.29, 0.717) is 19.3 Å². The molecule has 1 aliphatic heterocycles. The third kappa shape index (κ3) is 32.3. The molecule has 1 amide bonds. The van der Waals surface area contributed by atoms with Crippen molar-refractivity contribution in [3.63, 3.8) is 0 Å². The summed E-state index contributed by atoms with van der Waals surface area (Å²) in [7, 11) is -5.11. The molecule has 0 aromatic heterocycles. The van der Waals surface area contributed by atoms with Crippen molar-refractivity contribution in [1.29, 1.82) is 0 Å². The first-order valence-corrected chi connectivity index (χ1v) is 27.2. The molecule has 7 N–H and O–H groups in total. The molecule has 0 saturated carbocycles. The van der Waals surface area contributed by atoms with E-state index in [9.17, 15) is 43.3 Å². The monoisotopic (exact) mass is 934 g/mol. The first-order valence-electron chi connectivity index (χ1n) is 25.8. The van der Waals surface area contributed by atoms with Gasteiger partial charge in [-0.3, -0.25) is 9.35 Å². The van der Waals surface area contributed by atoms with E-state index in [2.05, 4.69) is 47.7 Å². The van der Waals surface area contributed by atoms with E-state index in [1.54, 1.807) is 0 Å². The lowest BCUT2D eigenvalue weighted by Crippen LogP contribution is -2.61. The second kappa shape index (κ2) is 40.6. The van der Waals surface area contributed by atoms with Crippen molar-refractivity contribution in [2.24, 2.45) is 0 Å². The predicted molar refractivity (Wildman–Crippen MR) is 256 cm³/mol. The number of hydrogen-bond donors (Lipinski definition) is 7. The van der Waals surface area contributed by atoms with Gasteiger partial charge in [0.2, 0.25) is 5.91 Å². The van der Waals surface area contributed by atoms with Crippen LogP contribution >= 0.6 is 0 Å². The molecule has 8 atom stereocenters. The van der Waals surface area contributed by atoms with E-state index in [4.69, 9.17) is 9.47 Å². The molecule has 0 aromatic rings. The van der Waals surface area contributed by atoms with Crippen LogP contribution < -0.4 is 5.32 Å². The molecular formula is C50H95NO12S. The lowest BCUT2D eigenvalue weighted by molar-refractivity contribution is -0.298. The molecule has 0 spiro atoms. The van der Waals surface area contributed by atoms with Gasteiger partial charge in [-0.05, 0) is 38.5 Å². The summed E-state index contributed by atoms with van der Waals surface area (Å²) < 4.78 is 47.7. The Morgan fingerprint density at radius 1 is 0.641 bits per heavy atom. The van der Waals surface area contributed by atoms with Gasteiger partial charge in [-0.1, -0.05) is 212 Å². The molecule has 0 radical (unpaired) electrons. The van der Waals surface area contributed by atoms with Crippen LogP contribution in [-0.4, -0.2) is 107 Å². The summed E-state index contributed by atoms with van der Waals surface area (Å²) in [6, 6.07) is -1.03. The SMILES string of the molecule is CC/C=C\C/C=C\CCCCCCCCCCCCCCCC(O)C(=O)NC(COC1OC(CO)C(O)C(OS(=O)(=O)O)C1O)C(O)CCCCCCCCCCCCCCCCC. The highest BCUT2D eigenvalue weighted by Crippen LogP contribution is 2.26. The molecule has 1 aliphatic rings. The fourth-order valence-corrected chi connectivity index (χ4v) is 8.84. The summed E-state index contributed by atoms with van der Waals surface area (Å²) in [5.41, 5.74) is 0. The minimum atomic E-state index is -5.11. The van der Waals surface area contributed by atoms with Gasteiger partial charge in [-0.2, -0.15) is 8.42 Å². The molecule has 0 aliphatic carbocycles. The zero-order valence-corrected chi connectivity index (χ0v) is 41.0. The number of amides is 1. The van der Waals surface area contributed by atoms with Crippen LogP contribution in [0.5, 0.6) is 0 Å². The maximum Gasteiger partial charge on any atom is 0.397 e. The highest BCUT2D eigenvalue weighted by atomic mass is 32.3. The van der Waals surface area contributed by atoms with Crippen LogP contribution in [0.4, 0.5) is 0 Å². The van der Waals surface area contributed by atoms with Crippen molar-refractivity contribution in [3.05, 3.63) is 24.3 Å². The van der Waals surface area contributed by atoms with Crippen LogP contribution in [0.1, 0.15) is 226 Å². The highest BCUT2D eigenvalue weighted by molar-refractivity contribution is 7.80. The predicted octanol–water partition coefficient (Wildman–Crippen LogP) is 9.86. The number of allylic oxidation sites excluding steroid dienone is 4. The molecular weight excluding hydrogens is 839 g/mol. The summed E-state index contributed by atoms with van der Waals surface area (Å²) in [5, 5.41) is 55.5. The second-order valence-corrected chi connectivity index (χ2v) is 19.3. The quantitative estimate of drug-likeness (QED) is 0.0173. The van der Waals surface area contributed by atoms with E-state index >= 15 is 0 Å². The number of hydrogen-bond acceptors (Lipinski definition) is 11. The van der Waals surface area contributed by atoms with Crippen LogP contribution in [0.25, 0.3) is 0 Å². The smallest absolute Gasteiger partial charge is 0.394 e. The first-order chi connectivity index (χ1) is 30.9. The van der Waals surface area contributed by atoms with Crippen LogP contribution in [0.2, 0.25) is 0 Å². The van der Waals surface area contributed by atoms with Gasteiger partial charge in [0.05, 0.1) is 25.4 Å². The molecule has 8 unspecified atom stereocenters. The van der Waals surface area contributed by atoms with Crippen LogP contribution in [-0.2, 0) is 28.9 Å². The van der Waals surface area contributed by atoms with E-state index in [1.165, 1.54) is 135 Å². The maximum atomic E-state index is 13.2. The standard InChI is InChI=1S/C50H95NO12S/c1-3-5-7-9-11-13-15-17-19-20-21-22-23-25-27-29-31-33-35-37-39-44(54)49(57)51-42(41-61-50-47(56)48(63-64(58,59)60)46(55)45(40-52)62-50)43(53)38-36-34-32-30-28-26-24-18-16-14-12-10-8-6-4-2/h5,7,11,13,42-48,50,52-56H,3-4,6,8-10,12,14-41H2,1-2H3,(H,51,57)(H,58,59,60)/b7-5-,13-11-. The number of ether oxygens (including phenoxy) is 2. The minimum Gasteiger partial charge on any atom is -0.394 e. The highest BCUT2D eigenvalue weighted by Gasteiger charge is 2.48. The van der Waals surface area contributed by atoms with Crippen molar-refractivity contribution in [1.82, 2.24) is 5.32 Å². The fraction of sp³-hybridized carbons (Fsp3) is 0.900. The normalized spacial score (nSPS) is 20.9. The molecule has 1 fully saturated rings. The summed E-state index contributed by atoms with van der Waals surface area (Å²) in [4.78, 5) is 13.2. The fourth-order valence-electron chi connectivity index (χ4n) is 8.33. The van der Waals surface area contributed by atoms with Gasteiger partial charge < -0.3 is 40.3 Å². The van der Waals surface area contributed by atoms with Crippen LogP contribution in [0, 0.1) is 0 Å². The first kappa shape index (κ1) is 60.6. The second-order valence-electron chi connectivity index (χ2n) is 18.2. The van der Waals surface area contributed by atoms with E-state index in [0.717, 1.165) is 51.4 Å². The molecule has 378 valence electrons. The van der Waals surface area contributed by atoms with Crippen molar-refractivity contribution < 1.29 is 57.0 Å². The topological polar surface area (TPSA) is 212 Å². The Hall–Kier alpha value is -1.46. The number of aliphatic hydroxyl groups excluding tert-OH is 5. The summed E-state index contributed by atoms with van der Waals surface area (Å²) in [5.74, 6) is -0.669. The van der Waals surface area contributed by atoms with E-state index < -0.39 is 78.5 Å². The van der Waals surface area contributed by atoms with Crippen LogP contribution in [0.15, 0.2) is 24.3 Å². The van der Waals surface area contributed by atoms with Gasteiger partial charge in [-0.15, -0.1) is 0 Å². The van der Waals surface area contributed by atoms with Crippen molar-refractivity contribution in [3.8, 4) is 0 Å². The zero-order chi connectivity index (χ0) is 47.1. The molecule has 64 heavy (non-hydrogen) atoms.